The fraction of sp³-hybridized carbons (Fsp3) is 0.600. The van der Waals surface area contributed by atoms with Gasteiger partial charge >= 0.3 is 5.97 Å². The summed E-state index contributed by atoms with van der Waals surface area (Å²) in [6.07, 6.45) is 7.86. The Labute approximate surface area is 128 Å². The fourth-order valence-corrected chi connectivity index (χ4v) is 3.29. The maximum Gasteiger partial charge on any atom is 0.306 e. The Morgan fingerprint density at radius 1 is 1.30 bits per heavy atom. The first-order valence-corrected chi connectivity index (χ1v) is 7.84. The van der Waals surface area contributed by atoms with Gasteiger partial charge in [0.2, 0.25) is 0 Å². The molecule has 1 aromatic rings. The molecule has 0 aliphatic heterocycles. The Kier molecular flexibility index (Phi) is 4.18. The molecule has 2 fully saturated rings. The lowest BCUT2D eigenvalue weighted by molar-refractivity contribution is -0.144. The van der Waals surface area contributed by atoms with Crippen molar-refractivity contribution in [3.05, 3.63) is 28.0 Å². The zero-order valence-corrected chi connectivity index (χ0v) is 12.7. The van der Waals surface area contributed by atoms with E-state index in [2.05, 4.69) is 4.98 Å². The van der Waals surface area contributed by atoms with Gasteiger partial charge in [-0.15, -0.1) is 0 Å². The summed E-state index contributed by atoms with van der Waals surface area (Å²) < 4.78 is 5.33. The quantitative estimate of drug-likeness (QED) is 0.747. The lowest BCUT2D eigenvalue weighted by Crippen LogP contribution is -2.09. The maximum atomic E-state index is 11.7. The van der Waals surface area contributed by atoms with Crippen molar-refractivity contribution in [3.8, 4) is 0 Å². The molecule has 3 nitrogen and oxygen atoms in total. The molecule has 1 heterocycles. The van der Waals surface area contributed by atoms with Crippen LogP contribution in [0.15, 0.2) is 12.4 Å². The topological polar surface area (TPSA) is 39.2 Å². The fourth-order valence-electron chi connectivity index (χ4n) is 2.74. The maximum absolute atomic E-state index is 11.7. The normalized spacial score (nSPS) is 24.5. The highest BCUT2D eigenvalue weighted by Crippen LogP contribution is 2.54. The lowest BCUT2D eigenvalue weighted by Gasteiger charge is -2.07. The van der Waals surface area contributed by atoms with E-state index in [0.717, 1.165) is 17.4 Å². The van der Waals surface area contributed by atoms with Crippen molar-refractivity contribution in [3.63, 3.8) is 0 Å². The van der Waals surface area contributed by atoms with E-state index in [1.54, 1.807) is 12.4 Å². The minimum Gasteiger partial charge on any atom is -0.465 e. The molecule has 2 aliphatic rings. The van der Waals surface area contributed by atoms with E-state index >= 15 is 0 Å². The first-order valence-electron chi connectivity index (χ1n) is 7.08. The summed E-state index contributed by atoms with van der Waals surface area (Å²) >= 11 is 12.0. The van der Waals surface area contributed by atoms with Gasteiger partial charge in [0.05, 0.1) is 16.7 Å². The SMILES string of the molecule is O=C(CCc1c(Cl)cncc1Cl)OC[C@@H]1C[C@H]1C1CC1. The average Bonchev–Trinajstić information content (AvgIpc) is 3.26. The van der Waals surface area contributed by atoms with Crippen molar-refractivity contribution < 1.29 is 9.53 Å². The number of ether oxygens (including phenoxy) is 1. The smallest absolute Gasteiger partial charge is 0.306 e. The third-order valence-electron chi connectivity index (χ3n) is 4.19. The van der Waals surface area contributed by atoms with Crippen molar-refractivity contribution in [1.82, 2.24) is 4.98 Å². The first-order chi connectivity index (χ1) is 9.65. The van der Waals surface area contributed by atoms with Gasteiger partial charge in [0.15, 0.2) is 0 Å². The van der Waals surface area contributed by atoms with E-state index in [-0.39, 0.29) is 5.97 Å². The van der Waals surface area contributed by atoms with Crippen LogP contribution in [-0.4, -0.2) is 17.6 Å². The van der Waals surface area contributed by atoms with Gasteiger partial charge in [-0.3, -0.25) is 9.78 Å². The number of aromatic nitrogens is 1. The predicted octanol–water partition coefficient (Wildman–Crippen LogP) is 3.91. The molecule has 0 aromatic carbocycles. The second-order valence-corrected chi connectivity index (χ2v) is 6.58. The van der Waals surface area contributed by atoms with E-state index in [4.69, 9.17) is 27.9 Å². The molecule has 2 saturated carbocycles. The monoisotopic (exact) mass is 313 g/mol. The summed E-state index contributed by atoms with van der Waals surface area (Å²) in [6.45, 7) is 0.581. The van der Waals surface area contributed by atoms with Gasteiger partial charge in [-0.2, -0.15) is 0 Å². The van der Waals surface area contributed by atoms with Crippen LogP contribution >= 0.6 is 23.2 Å². The van der Waals surface area contributed by atoms with Gasteiger partial charge in [0.25, 0.3) is 0 Å². The highest BCUT2D eigenvalue weighted by atomic mass is 35.5. The molecule has 1 aromatic heterocycles. The predicted molar refractivity (Wildman–Crippen MR) is 77.9 cm³/mol. The van der Waals surface area contributed by atoms with Crippen LogP contribution in [-0.2, 0) is 16.0 Å². The average molecular weight is 314 g/mol. The summed E-state index contributed by atoms with van der Waals surface area (Å²) in [5.41, 5.74) is 0.766. The minimum atomic E-state index is -0.171. The molecular formula is C15H17Cl2NO2. The zero-order chi connectivity index (χ0) is 14.1. The third-order valence-corrected chi connectivity index (χ3v) is 4.85. The van der Waals surface area contributed by atoms with Gasteiger partial charge in [-0.05, 0) is 49.0 Å². The Morgan fingerprint density at radius 2 is 2.00 bits per heavy atom. The van der Waals surface area contributed by atoms with Crippen molar-refractivity contribution in [2.45, 2.75) is 32.1 Å². The summed E-state index contributed by atoms with van der Waals surface area (Å²) in [7, 11) is 0. The lowest BCUT2D eigenvalue weighted by atomic mass is 10.1. The van der Waals surface area contributed by atoms with Crippen LogP contribution in [0.25, 0.3) is 0 Å². The van der Waals surface area contributed by atoms with Crippen molar-refractivity contribution >= 4 is 29.2 Å². The molecule has 0 spiro atoms. The Morgan fingerprint density at radius 3 is 2.65 bits per heavy atom. The highest BCUT2D eigenvalue weighted by molar-refractivity contribution is 6.35. The van der Waals surface area contributed by atoms with Crippen LogP contribution in [0.5, 0.6) is 0 Å². The second-order valence-electron chi connectivity index (χ2n) is 5.76. The second kappa shape index (κ2) is 5.90. The first kappa shape index (κ1) is 14.2. The summed E-state index contributed by atoms with van der Waals surface area (Å²) in [4.78, 5) is 15.6. The summed E-state index contributed by atoms with van der Waals surface area (Å²) in [5, 5.41) is 1.00. The van der Waals surface area contributed by atoms with Crippen molar-refractivity contribution in [1.29, 1.82) is 0 Å². The number of hydrogen-bond donors (Lipinski definition) is 0. The van der Waals surface area contributed by atoms with Gasteiger partial charge in [-0.25, -0.2) is 0 Å². The molecule has 0 unspecified atom stereocenters. The number of rotatable bonds is 6. The largest absolute Gasteiger partial charge is 0.465 e. The Bertz CT molecular complexity index is 496. The Balaban J connectivity index is 1.40. The number of nitrogens with zero attached hydrogens (tertiary/aromatic N) is 1. The molecule has 0 saturated heterocycles. The van der Waals surface area contributed by atoms with E-state index in [1.165, 1.54) is 19.3 Å². The molecule has 3 rings (SSSR count). The number of carbonyl (C=O) groups excluding carboxylic acids is 1. The number of pyridine rings is 1. The number of carbonyl (C=O) groups is 1. The van der Waals surface area contributed by atoms with E-state index in [1.807, 2.05) is 0 Å². The standard InChI is InChI=1S/C15H17Cl2NO2/c16-13-6-18-7-14(17)11(13)3-4-15(19)20-8-10-5-12(10)9-1-2-9/h6-7,9-10,12H,1-5,8H2/t10-,12-/m0/s1. The zero-order valence-electron chi connectivity index (χ0n) is 11.1. The number of hydrogen-bond acceptors (Lipinski definition) is 3. The van der Waals surface area contributed by atoms with Crippen LogP contribution in [0.2, 0.25) is 10.0 Å². The summed E-state index contributed by atoms with van der Waals surface area (Å²) in [5.74, 6) is 2.19. The van der Waals surface area contributed by atoms with Gasteiger partial charge in [-0.1, -0.05) is 23.2 Å². The molecule has 2 atom stereocenters. The van der Waals surface area contributed by atoms with Crippen LogP contribution in [0.1, 0.15) is 31.2 Å². The van der Waals surface area contributed by atoms with Gasteiger partial charge in [0, 0.05) is 18.8 Å². The molecule has 0 bridgehead atoms. The van der Waals surface area contributed by atoms with Gasteiger partial charge < -0.3 is 4.74 Å². The van der Waals surface area contributed by atoms with E-state index in [0.29, 0.717) is 35.4 Å². The van der Waals surface area contributed by atoms with Crippen molar-refractivity contribution in [2.75, 3.05) is 6.61 Å². The van der Waals surface area contributed by atoms with Gasteiger partial charge in [0.1, 0.15) is 0 Å². The van der Waals surface area contributed by atoms with E-state index in [9.17, 15) is 4.79 Å². The molecule has 5 heteroatoms. The number of halogens is 2. The van der Waals surface area contributed by atoms with E-state index < -0.39 is 0 Å². The highest BCUT2D eigenvalue weighted by Gasteiger charge is 2.47. The molecule has 20 heavy (non-hydrogen) atoms. The molecule has 108 valence electrons. The molecular weight excluding hydrogens is 297 g/mol. The third kappa shape index (κ3) is 3.44. The minimum absolute atomic E-state index is 0.171. The molecule has 0 amide bonds. The van der Waals surface area contributed by atoms with Crippen LogP contribution in [0.3, 0.4) is 0 Å². The number of esters is 1. The molecule has 0 N–H and O–H groups in total. The van der Waals surface area contributed by atoms with Crippen LogP contribution in [0.4, 0.5) is 0 Å². The molecule has 2 aliphatic carbocycles. The summed E-state index contributed by atoms with van der Waals surface area (Å²) in [6, 6.07) is 0. The van der Waals surface area contributed by atoms with Crippen LogP contribution < -0.4 is 0 Å². The van der Waals surface area contributed by atoms with Crippen LogP contribution in [0, 0.1) is 17.8 Å². The Hall–Kier alpha value is -0.800. The van der Waals surface area contributed by atoms with Crippen molar-refractivity contribution in [2.24, 2.45) is 17.8 Å². The molecule has 0 radical (unpaired) electrons.